The number of aromatic nitrogens is 3. The van der Waals surface area contributed by atoms with E-state index < -0.39 is 0 Å². The average Bonchev–Trinajstić information content (AvgIpc) is 3.08. The Bertz CT molecular complexity index is 1060. The number of carbonyl (C=O) groups is 1. The number of rotatable bonds is 3. The van der Waals surface area contributed by atoms with Crippen LogP contribution in [0.5, 0.6) is 0 Å². The zero-order valence-electron chi connectivity index (χ0n) is 14.7. The fourth-order valence-corrected chi connectivity index (χ4v) is 4.36. The molecule has 0 saturated carbocycles. The van der Waals surface area contributed by atoms with Gasteiger partial charge in [-0.25, -0.2) is 4.98 Å². The smallest absolute Gasteiger partial charge is 0.275 e. The van der Waals surface area contributed by atoms with E-state index in [1.807, 2.05) is 12.1 Å². The van der Waals surface area contributed by atoms with Crippen LogP contribution in [0.4, 0.5) is 10.8 Å². The molecule has 1 amide bonds. The minimum Gasteiger partial charge on any atom is -0.347 e. The second-order valence-corrected chi connectivity index (χ2v) is 7.89. The van der Waals surface area contributed by atoms with E-state index in [0.29, 0.717) is 47.3 Å². The number of carbonyl (C=O) groups excluding carboxylic acids is 1. The molecular formula is C18H18ClN5O2S. The molecule has 4 rings (SSSR count). The van der Waals surface area contributed by atoms with Crippen molar-refractivity contribution in [1.82, 2.24) is 14.6 Å². The van der Waals surface area contributed by atoms with Gasteiger partial charge in [-0.05, 0) is 31.9 Å². The Morgan fingerprint density at radius 3 is 2.78 bits per heavy atom. The number of anilines is 2. The molecule has 0 atom stereocenters. The van der Waals surface area contributed by atoms with Crippen molar-refractivity contribution in [2.24, 2.45) is 5.92 Å². The van der Waals surface area contributed by atoms with Gasteiger partial charge in [-0.2, -0.15) is 4.52 Å². The summed E-state index contributed by atoms with van der Waals surface area (Å²) in [4.78, 5) is 31.6. The highest BCUT2D eigenvalue weighted by atomic mass is 35.5. The number of amides is 1. The van der Waals surface area contributed by atoms with Gasteiger partial charge in [-0.1, -0.05) is 35.1 Å². The highest BCUT2D eigenvalue weighted by Gasteiger charge is 2.27. The molecule has 1 saturated heterocycles. The molecule has 3 aromatic rings. The summed E-state index contributed by atoms with van der Waals surface area (Å²) in [6.07, 6.45) is 1.43. The van der Waals surface area contributed by atoms with Gasteiger partial charge in [0.1, 0.15) is 0 Å². The van der Waals surface area contributed by atoms with E-state index in [4.69, 9.17) is 11.6 Å². The number of hydrogen-bond acceptors (Lipinski definition) is 6. The lowest BCUT2D eigenvalue weighted by atomic mass is 9.96. The number of piperidine rings is 1. The van der Waals surface area contributed by atoms with Gasteiger partial charge < -0.3 is 10.2 Å². The third kappa shape index (κ3) is 3.68. The molecule has 7 nitrogen and oxygen atoms in total. The zero-order chi connectivity index (χ0) is 19.0. The number of benzene rings is 1. The molecule has 1 fully saturated rings. The summed E-state index contributed by atoms with van der Waals surface area (Å²) in [5.74, 6) is -0.0875. The molecule has 0 aliphatic carbocycles. The first-order chi connectivity index (χ1) is 13.0. The van der Waals surface area contributed by atoms with Gasteiger partial charge in [0.05, 0.1) is 10.7 Å². The molecule has 9 heteroatoms. The van der Waals surface area contributed by atoms with Crippen molar-refractivity contribution >= 4 is 44.6 Å². The minimum absolute atomic E-state index is 0.0134. The summed E-state index contributed by atoms with van der Waals surface area (Å²) >= 11 is 7.50. The molecule has 1 aliphatic heterocycles. The quantitative estimate of drug-likeness (QED) is 0.727. The highest BCUT2D eigenvalue weighted by Crippen LogP contribution is 2.28. The van der Waals surface area contributed by atoms with Crippen molar-refractivity contribution in [3.05, 3.63) is 51.4 Å². The predicted octanol–water partition coefficient (Wildman–Crippen LogP) is 2.97. The van der Waals surface area contributed by atoms with Crippen molar-refractivity contribution in [2.45, 2.75) is 19.8 Å². The van der Waals surface area contributed by atoms with Gasteiger partial charge in [0, 0.05) is 30.8 Å². The lowest BCUT2D eigenvalue weighted by Crippen LogP contribution is -2.38. The SMILES string of the molecule is Cc1cc(=O)n2nc(N3CCC(C(=O)Nc4ccccc4Cl)CC3)sc2n1. The molecule has 0 radical (unpaired) electrons. The Kier molecular flexibility index (Phi) is 4.84. The second-order valence-electron chi connectivity index (χ2n) is 6.55. The summed E-state index contributed by atoms with van der Waals surface area (Å²) in [6, 6.07) is 8.70. The van der Waals surface area contributed by atoms with Crippen LogP contribution < -0.4 is 15.8 Å². The van der Waals surface area contributed by atoms with Crippen LogP contribution >= 0.6 is 22.9 Å². The zero-order valence-corrected chi connectivity index (χ0v) is 16.3. The first kappa shape index (κ1) is 17.9. The van der Waals surface area contributed by atoms with E-state index in [0.717, 1.165) is 5.13 Å². The number of nitrogens with zero attached hydrogens (tertiary/aromatic N) is 4. The number of para-hydroxylation sites is 1. The van der Waals surface area contributed by atoms with Crippen molar-refractivity contribution in [2.75, 3.05) is 23.3 Å². The average molecular weight is 404 g/mol. The van der Waals surface area contributed by atoms with E-state index >= 15 is 0 Å². The van der Waals surface area contributed by atoms with Crippen molar-refractivity contribution in [3.8, 4) is 0 Å². The lowest BCUT2D eigenvalue weighted by Gasteiger charge is -2.30. The molecule has 0 unspecified atom stereocenters. The number of aryl methyl sites for hydroxylation is 1. The molecular weight excluding hydrogens is 386 g/mol. The van der Waals surface area contributed by atoms with Crippen LogP contribution in [0.1, 0.15) is 18.5 Å². The van der Waals surface area contributed by atoms with Crippen LogP contribution in [0.25, 0.3) is 4.96 Å². The van der Waals surface area contributed by atoms with Crippen molar-refractivity contribution in [3.63, 3.8) is 0 Å². The second kappa shape index (κ2) is 7.28. The van der Waals surface area contributed by atoms with E-state index in [1.165, 1.54) is 21.9 Å². The van der Waals surface area contributed by atoms with Crippen LogP contribution in [0.2, 0.25) is 5.02 Å². The number of fused-ring (bicyclic) bond motifs is 1. The molecule has 1 aromatic carbocycles. The Morgan fingerprint density at radius 2 is 2.04 bits per heavy atom. The van der Waals surface area contributed by atoms with Crippen LogP contribution in [0.15, 0.2) is 35.1 Å². The highest BCUT2D eigenvalue weighted by molar-refractivity contribution is 7.20. The molecule has 0 spiro atoms. The summed E-state index contributed by atoms with van der Waals surface area (Å²) in [6.45, 7) is 3.20. The van der Waals surface area contributed by atoms with Crippen LogP contribution in [0, 0.1) is 12.8 Å². The van der Waals surface area contributed by atoms with Crippen LogP contribution in [0.3, 0.4) is 0 Å². The third-order valence-electron chi connectivity index (χ3n) is 4.63. The number of hydrogen-bond donors (Lipinski definition) is 1. The van der Waals surface area contributed by atoms with Gasteiger partial charge in [-0.15, -0.1) is 5.10 Å². The summed E-state index contributed by atoms with van der Waals surface area (Å²) in [7, 11) is 0. The lowest BCUT2D eigenvalue weighted by molar-refractivity contribution is -0.120. The van der Waals surface area contributed by atoms with Gasteiger partial charge in [0.2, 0.25) is 16.0 Å². The minimum atomic E-state index is -0.172. The number of halogens is 1. The standard InChI is InChI=1S/C18H18ClN5O2S/c1-11-10-15(25)24-17(20-11)27-18(22-24)23-8-6-12(7-9-23)16(26)21-14-5-3-2-4-13(14)19/h2-5,10,12H,6-9H2,1H3,(H,21,26). The first-order valence-corrected chi connectivity index (χ1v) is 9.88. The van der Waals surface area contributed by atoms with E-state index in [-0.39, 0.29) is 17.4 Å². The largest absolute Gasteiger partial charge is 0.347 e. The molecule has 1 N–H and O–H groups in total. The Balaban J connectivity index is 1.43. The monoisotopic (exact) mass is 403 g/mol. The predicted molar refractivity (Wildman–Crippen MR) is 107 cm³/mol. The third-order valence-corrected chi connectivity index (χ3v) is 5.93. The van der Waals surface area contributed by atoms with Gasteiger partial charge in [-0.3, -0.25) is 9.59 Å². The molecule has 140 valence electrons. The van der Waals surface area contributed by atoms with Crippen LogP contribution in [-0.2, 0) is 4.79 Å². The number of nitrogens with one attached hydrogen (secondary N) is 1. The Labute approximate surface area is 164 Å². The summed E-state index contributed by atoms with van der Waals surface area (Å²) in [5.41, 5.74) is 1.15. The maximum atomic E-state index is 12.5. The fraction of sp³-hybridized carbons (Fsp3) is 0.333. The molecule has 1 aliphatic rings. The van der Waals surface area contributed by atoms with Gasteiger partial charge in [0.15, 0.2) is 0 Å². The van der Waals surface area contributed by atoms with Gasteiger partial charge in [0.25, 0.3) is 5.56 Å². The molecule has 2 aromatic heterocycles. The molecule has 3 heterocycles. The van der Waals surface area contributed by atoms with E-state index in [2.05, 4.69) is 20.3 Å². The van der Waals surface area contributed by atoms with Crippen molar-refractivity contribution in [1.29, 1.82) is 0 Å². The van der Waals surface area contributed by atoms with E-state index in [1.54, 1.807) is 19.1 Å². The van der Waals surface area contributed by atoms with Gasteiger partial charge >= 0.3 is 0 Å². The van der Waals surface area contributed by atoms with Crippen LogP contribution in [-0.4, -0.2) is 33.6 Å². The Hall–Kier alpha value is -2.45. The van der Waals surface area contributed by atoms with Crippen molar-refractivity contribution < 1.29 is 4.79 Å². The maximum absolute atomic E-state index is 12.5. The fourth-order valence-electron chi connectivity index (χ4n) is 3.17. The summed E-state index contributed by atoms with van der Waals surface area (Å²) < 4.78 is 1.34. The normalized spacial score (nSPS) is 15.3. The molecule has 0 bridgehead atoms. The summed E-state index contributed by atoms with van der Waals surface area (Å²) in [5, 5.41) is 8.60. The van der Waals surface area contributed by atoms with E-state index in [9.17, 15) is 9.59 Å². The topological polar surface area (TPSA) is 79.6 Å². The maximum Gasteiger partial charge on any atom is 0.275 e. The first-order valence-electron chi connectivity index (χ1n) is 8.69. The Morgan fingerprint density at radius 1 is 1.30 bits per heavy atom. The molecule has 27 heavy (non-hydrogen) atoms.